The van der Waals surface area contributed by atoms with Gasteiger partial charge in [-0.05, 0) is 49.7 Å². The third kappa shape index (κ3) is 3.15. The summed E-state index contributed by atoms with van der Waals surface area (Å²) in [7, 11) is 0. The van der Waals surface area contributed by atoms with Gasteiger partial charge in [0.15, 0.2) is 0 Å². The van der Waals surface area contributed by atoms with Crippen LogP contribution in [-0.2, 0) is 0 Å². The van der Waals surface area contributed by atoms with Crippen molar-refractivity contribution in [3.8, 4) is 5.69 Å². The number of carboxylic acid groups (broad SMARTS) is 1. The van der Waals surface area contributed by atoms with Gasteiger partial charge in [0.25, 0.3) is 5.56 Å². The molecule has 0 fully saturated rings. The van der Waals surface area contributed by atoms with Crippen LogP contribution in [0.1, 0.15) is 21.6 Å². The van der Waals surface area contributed by atoms with Crippen LogP contribution in [-0.4, -0.2) is 45.2 Å². The van der Waals surface area contributed by atoms with E-state index < -0.39 is 11.5 Å². The number of aryl methyl sites for hydroxylation is 2. The Morgan fingerprint density at radius 1 is 1.20 bits per heavy atom. The molecule has 2 aromatic rings. The predicted octanol–water partition coefficient (Wildman–Crippen LogP) is 2.16. The summed E-state index contributed by atoms with van der Waals surface area (Å²) in [6.45, 7) is 3.37. The van der Waals surface area contributed by atoms with E-state index in [1.54, 1.807) is 44.2 Å². The molecule has 0 aliphatic rings. The monoisotopic (exact) mass is 301 g/mol. The minimum atomic E-state index is -1.22. The summed E-state index contributed by atoms with van der Waals surface area (Å²) in [6.07, 6.45) is 0. The standard InChI is InChI=1S/C14H12ClNO3.Na.H/c1-8-7-9(2)16(13(17)12(8)14(18)19)11-5-3-10(15)4-6-11;;/h3-7H,1-2H3,(H,18,19);;. The number of nitrogens with zero attached hydrogens (tertiary/aromatic N) is 1. The number of carbonyl (C=O) groups is 1. The van der Waals surface area contributed by atoms with Crippen LogP contribution in [0.5, 0.6) is 0 Å². The Balaban J connectivity index is 0.00000200. The summed E-state index contributed by atoms with van der Waals surface area (Å²) < 4.78 is 1.37. The van der Waals surface area contributed by atoms with Crippen LogP contribution in [0.25, 0.3) is 5.69 Å². The van der Waals surface area contributed by atoms with Gasteiger partial charge in [-0.1, -0.05) is 11.6 Å². The normalized spacial score (nSPS) is 9.95. The van der Waals surface area contributed by atoms with Crippen LogP contribution in [0, 0.1) is 13.8 Å². The molecule has 2 rings (SSSR count). The molecule has 100 valence electrons. The van der Waals surface area contributed by atoms with E-state index in [9.17, 15) is 9.59 Å². The molecule has 0 atom stereocenters. The van der Waals surface area contributed by atoms with Crippen molar-refractivity contribution in [2.24, 2.45) is 0 Å². The molecule has 0 saturated heterocycles. The second-order valence-electron chi connectivity index (χ2n) is 4.27. The number of pyridine rings is 1. The molecule has 0 amide bonds. The zero-order chi connectivity index (χ0) is 14.2. The van der Waals surface area contributed by atoms with E-state index in [4.69, 9.17) is 16.7 Å². The van der Waals surface area contributed by atoms with Gasteiger partial charge >= 0.3 is 35.5 Å². The van der Waals surface area contributed by atoms with Crippen molar-refractivity contribution in [3.63, 3.8) is 0 Å². The Bertz CT molecular complexity index is 708. The van der Waals surface area contributed by atoms with Crippen LogP contribution in [0.4, 0.5) is 0 Å². The Labute approximate surface area is 143 Å². The van der Waals surface area contributed by atoms with E-state index in [1.807, 2.05) is 0 Å². The maximum absolute atomic E-state index is 12.3. The third-order valence-electron chi connectivity index (χ3n) is 2.89. The van der Waals surface area contributed by atoms with Gasteiger partial charge in [-0.3, -0.25) is 9.36 Å². The van der Waals surface area contributed by atoms with Crippen molar-refractivity contribution >= 4 is 47.1 Å². The van der Waals surface area contributed by atoms with Gasteiger partial charge in [0.1, 0.15) is 5.56 Å². The molecule has 0 spiro atoms. The summed E-state index contributed by atoms with van der Waals surface area (Å²) in [5, 5.41) is 9.67. The summed E-state index contributed by atoms with van der Waals surface area (Å²) >= 11 is 5.80. The Hall–Kier alpha value is -1.07. The SMILES string of the molecule is Cc1cc(C)n(-c2ccc(Cl)cc2)c(=O)c1C(=O)O.[NaH]. The second kappa shape index (κ2) is 6.59. The number of aromatic carboxylic acids is 1. The van der Waals surface area contributed by atoms with Crippen molar-refractivity contribution in [1.82, 2.24) is 4.57 Å². The molecular formula is C14H13ClNNaO3. The molecule has 6 heteroatoms. The molecule has 0 bridgehead atoms. The van der Waals surface area contributed by atoms with E-state index in [1.165, 1.54) is 4.57 Å². The molecule has 0 radical (unpaired) electrons. The average Bonchev–Trinajstić information content (AvgIpc) is 2.30. The third-order valence-corrected chi connectivity index (χ3v) is 3.14. The van der Waals surface area contributed by atoms with Crippen LogP contribution in [0.3, 0.4) is 0 Å². The van der Waals surface area contributed by atoms with Crippen molar-refractivity contribution in [1.29, 1.82) is 0 Å². The first kappa shape index (κ1) is 17.0. The quantitative estimate of drug-likeness (QED) is 0.865. The number of rotatable bonds is 2. The Morgan fingerprint density at radius 3 is 2.25 bits per heavy atom. The van der Waals surface area contributed by atoms with Gasteiger partial charge in [-0.15, -0.1) is 0 Å². The zero-order valence-corrected chi connectivity index (χ0v) is 11.2. The second-order valence-corrected chi connectivity index (χ2v) is 4.70. The summed E-state index contributed by atoms with van der Waals surface area (Å²) in [5.74, 6) is -1.22. The Kier molecular flexibility index (Phi) is 5.59. The number of benzene rings is 1. The molecule has 20 heavy (non-hydrogen) atoms. The molecule has 4 nitrogen and oxygen atoms in total. The van der Waals surface area contributed by atoms with Crippen molar-refractivity contribution < 1.29 is 9.90 Å². The van der Waals surface area contributed by atoms with Crippen molar-refractivity contribution in [3.05, 3.63) is 62.5 Å². The molecule has 0 aliphatic heterocycles. The molecular weight excluding hydrogens is 289 g/mol. The van der Waals surface area contributed by atoms with Crippen LogP contribution < -0.4 is 5.56 Å². The summed E-state index contributed by atoms with van der Waals surface area (Å²) in [5.41, 5.74) is 0.984. The molecule has 1 aromatic carbocycles. The summed E-state index contributed by atoms with van der Waals surface area (Å²) in [6, 6.07) is 8.35. The number of aromatic nitrogens is 1. The molecule has 0 aliphatic carbocycles. The van der Waals surface area contributed by atoms with Gasteiger partial charge in [0, 0.05) is 16.4 Å². The molecule has 1 aromatic heterocycles. The van der Waals surface area contributed by atoms with Gasteiger partial charge in [0.05, 0.1) is 0 Å². The van der Waals surface area contributed by atoms with Crippen LogP contribution >= 0.6 is 11.6 Å². The van der Waals surface area contributed by atoms with E-state index in [0.717, 1.165) is 0 Å². The topological polar surface area (TPSA) is 59.3 Å². The van der Waals surface area contributed by atoms with Gasteiger partial charge in [0.2, 0.25) is 0 Å². The minimum absolute atomic E-state index is 0. The van der Waals surface area contributed by atoms with E-state index in [-0.39, 0.29) is 35.1 Å². The first-order valence-electron chi connectivity index (χ1n) is 5.64. The van der Waals surface area contributed by atoms with Crippen LogP contribution in [0.15, 0.2) is 35.1 Å². The fourth-order valence-electron chi connectivity index (χ4n) is 2.06. The Morgan fingerprint density at radius 2 is 1.75 bits per heavy atom. The van der Waals surface area contributed by atoms with Crippen molar-refractivity contribution in [2.45, 2.75) is 13.8 Å². The number of halogens is 1. The van der Waals surface area contributed by atoms with E-state index in [0.29, 0.717) is 22.0 Å². The fourth-order valence-corrected chi connectivity index (χ4v) is 2.19. The number of hydrogen-bond donors (Lipinski definition) is 1. The number of carboxylic acids is 1. The molecule has 1 heterocycles. The zero-order valence-electron chi connectivity index (χ0n) is 10.5. The van der Waals surface area contributed by atoms with Crippen LogP contribution in [0.2, 0.25) is 5.02 Å². The fraction of sp³-hybridized carbons (Fsp3) is 0.143. The maximum atomic E-state index is 12.3. The molecule has 0 unspecified atom stereocenters. The predicted molar refractivity (Wildman–Crippen MR) is 80.6 cm³/mol. The van der Waals surface area contributed by atoms with Gasteiger partial charge in [-0.25, -0.2) is 4.79 Å². The van der Waals surface area contributed by atoms with E-state index >= 15 is 0 Å². The molecule has 0 saturated carbocycles. The van der Waals surface area contributed by atoms with Gasteiger partial charge < -0.3 is 5.11 Å². The first-order chi connectivity index (χ1) is 8.91. The number of hydrogen-bond acceptors (Lipinski definition) is 2. The first-order valence-corrected chi connectivity index (χ1v) is 6.02. The van der Waals surface area contributed by atoms with Crippen molar-refractivity contribution in [2.75, 3.05) is 0 Å². The van der Waals surface area contributed by atoms with E-state index in [2.05, 4.69) is 0 Å². The molecule has 1 N–H and O–H groups in total. The average molecular weight is 302 g/mol. The van der Waals surface area contributed by atoms with Gasteiger partial charge in [-0.2, -0.15) is 0 Å². The summed E-state index contributed by atoms with van der Waals surface area (Å²) in [4.78, 5) is 23.4.